The van der Waals surface area contributed by atoms with Crippen LogP contribution in [0, 0.1) is 0 Å². The largest absolute Gasteiger partial charge is 0.485 e. The molecule has 0 bridgehead atoms. The number of aromatic nitrogens is 3. The highest BCUT2D eigenvalue weighted by molar-refractivity contribution is 8.03. The van der Waals surface area contributed by atoms with E-state index in [9.17, 15) is 4.79 Å². The number of fused-ring (bicyclic) bond motifs is 3. The predicted molar refractivity (Wildman–Crippen MR) is 136 cm³/mol. The molecule has 36 heavy (non-hydrogen) atoms. The molecule has 3 aliphatic heterocycles. The molecule has 1 spiro atoms. The smallest absolute Gasteiger partial charge is 0.408 e. The summed E-state index contributed by atoms with van der Waals surface area (Å²) in [5.41, 5.74) is 8.14. The van der Waals surface area contributed by atoms with Crippen LogP contribution in [0.1, 0.15) is 24.4 Å². The first-order valence-electron chi connectivity index (χ1n) is 11.9. The van der Waals surface area contributed by atoms with Crippen molar-refractivity contribution in [3.63, 3.8) is 0 Å². The number of rotatable bonds is 3. The first-order valence-corrected chi connectivity index (χ1v) is 13.1. The van der Waals surface area contributed by atoms with Gasteiger partial charge in [-0.3, -0.25) is 4.40 Å². The molecule has 7 rings (SSSR count). The van der Waals surface area contributed by atoms with Crippen molar-refractivity contribution < 1.29 is 14.3 Å². The van der Waals surface area contributed by atoms with Gasteiger partial charge in [-0.2, -0.15) is 0 Å². The van der Waals surface area contributed by atoms with Crippen molar-refractivity contribution in [2.45, 2.75) is 41.5 Å². The molecule has 2 fully saturated rings. The molecule has 184 valence electrons. The number of piperidine rings is 1. The second-order valence-corrected chi connectivity index (χ2v) is 10.9. The van der Waals surface area contributed by atoms with Crippen LogP contribution in [-0.4, -0.2) is 51.3 Å². The SMILES string of the molecule is N[C@@H]1c2ccccc2OC12CCN(c1ncc(SC3=C(Cl)C4OC(=O)NC4C=C3)c3nccn13)CC2. The number of allylic oxidation sites excluding steroid dienone is 1. The number of thioether (sulfide) groups is 1. The number of hydrogen-bond acceptors (Lipinski definition) is 8. The average molecular weight is 523 g/mol. The van der Waals surface area contributed by atoms with E-state index in [-0.39, 0.29) is 17.7 Å². The Balaban J connectivity index is 1.12. The Bertz CT molecular complexity index is 1450. The van der Waals surface area contributed by atoms with Crippen LogP contribution in [-0.2, 0) is 4.74 Å². The van der Waals surface area contributed by atoms with Crippen molar-refractivity contribution in [3.8, 4) is 5.75 Å². The fourth-order valence-electron chi connectivity index (χ4n) is 5.49. The summed E-state index contributed by atoms with van der Waals surface area (Å²) in [5, 5.41) is 3.23. The first-order chi connectivity index (χ1) is 17.5. The number of halogens is 1. The monoisotopic (exact) mass is 522 g/mol. The number of carbonyl (C=O) groups is 1. The zero-order valence-corrected chi connectivity index (χ0v) is 20.7. The van der Waals surface area contributed by atoms with E-state index in [1.807, 2.05) is 47.1 Å². The summed E-state index contributed by atoms with van der Waals surface area (Å²) in [4.78, 5) is 24.9. The van der Waals surface area contributed by atoms with Crippen molar-refractivity contribution in [3.05, 3.63) is 70.5 Å². The second kappa shape index (κ2) is 8.16. The molecule has 4 aliphatic rings. The minimum absolute atomic E-state index is 0.133. The van der Waals surface area contributed by atoms with Gasteiger partial charge in [-0.1, -0.05) is 47.6 Å². The van der Waals surface area contributed by atoms with E-state index < -0.39 is 12.2 Å². The molecule has 0 radical (unpaired) electrons. The Morgan fingerprint density at radius 2 is 2.06 bits per heavy atom. The maximum atomic E-state index is 11.6. The third-order valence-electron chi connectivity index (χ3n) is 7.41. The van der Waals surface area contributed by atoms with Crippen LogP contribution in [0.5, 0.6) is 5.75 Å². The minimum atomic E-state index is -0.509. The Morgan fingerprint density at radius 1 is 1.22 bits per heavy atom. The van der Waals surface area contributed by atoms with Crippen LogP contribution in [0.25, 0.3) is 5.65 Å². The maximum Gasteiger partial charge on any atom is 0.408 e. The van der Waals surface area contributed by atoms with Crippen LogP contribution in [0.4, 0.5) is 10.7 Å². The highest BCUT2D eigenvalue weighted by Gasteiger charge is 2.48. The van der Waals surface area contributed by atoms with Gasteiger partial charge in [-0.05, 0) is 12.1 Å². The number of carbonyl (C=O) groups excluding carboxylic acids is 1. The van der Waals surface area contributed by atoms with Crippen LogP contribution in [0.15, 0.2) is 69.8 Å². The molecule has 1 aliphatic carbocycles. The molecule has 2 saturated heterocycles. The molecule has 3 aromatic rings. The number of benzene rings is 1. The maximum absolute atomic E-state index is 11.6. The molecule has 3 atom stereocenters. The lowest BCUT2D eigenvalue weighted by Crippen LogP contribution is -2.52. The zero-order chi connectivity index (χ0) is 24.4. The highest BCUT2D eigenvalue weighted by Crippen LogP contribution is 2.47. The summed E-state index contributed by atoms with van der Waals surface area (Å²) in [6.45, 7) is 1.55. The topological polar surface area (TPSA) is 107 Å². The van der Waals surface area contributed by atoms with E-state index in [0.29, 0.717) is 5.03 Å². The average Bonchev–Trinajstić information content (AvgIpc) is 3.59. The fourth-order valence-corrected chi connectivity index (χ4v) is 6.79. The molecule has 11 heteroatoms. The molecule has 1 aromatic carbocycles. The van der Waals surface area contributed by atoms with E-state index in [1.54, 1.807) is 6.20 Å². The molecular weight excluding hydrogens is 500 g/mol. The standard InChI is InChI=1S/C25H23ClN6O3S/c26-19-17(6-5-15-20(19)34-24(33)30-15)36-18-13-29-23(32-12-9-28-22(18)32)31-10-7-25(8-11-31)21(27)14-3-1-2-4-16(14)35-25/h1-6,9,12-13,15,20-21H,7-8,10-11,27H2,(H,30,33)/t15?,20?,21-/m1/s1. The third-order valence-corrected chi connectivity index (χ3v) is 9.02. The highest BCUT2D eigenvalue weighted by atomic mass is 35.5. The van der Waals surface area contributed by atoms with Gasteiger partial charge < -0.3 is 25.4 Å². The van der Waals surface area contributed by atoms with E-state index >= 15 is 0 Å². The third kappa shape index (κ3) is 3.31. The zero-order valence-electron chi connectivity index (χ0n) is 19.1. The fraction of sp³-hybridized carbons (Fsp3) is 0.320. The van der Waals surface area contributed by atoms with Crippen LogP contribution in [0.2, 0.25) is 0 Å². The van der Waals surface area contributed by atoms with Gasteiger partial charge in [0.2, 0.25) is 5.95 Å². The summed E-state index contributed by atoms with van der Waals surface area (Å²) in [5.74, 6) is 1.73. The van der Waals surface area contributed by atoms with E-state index in [0.717, 1.165) is 58.6 Å². The molecule has 9 nitrogen and oxygen atoms in total. The van der Waals surface area contributed by atoms with Crippen LogP contribution in [0.3, 0.4) is 0 Å². The number of amides is 1. The van der Waals surface area contributed by atoms with E-state index in [4.69, 9.17) is 31.8 Å². The predicted octanol–water partition coefficient (Wildman–Crippen LogP) is 3.75. The summed E-state index contributed by atoms with van der Waals surface area (Å²) in [6, 6.07) is 7.68. The lowest BCUT2D eigenvalue weighted by atomic mass is 9.83. The lowest BCUT2D eigenvalue weighted by Gasteiger charge is -2.41. The van der Waals surface area contributed by atoms with E-state index in [1.165, 1.54) is 11.8 Å². The van der Waals surface area contributed by atoms with Crippen molar-refractivity contribution in [2.24, 2.45) is 5.73 Å². The number of ether oxygens (including phenoxy) is 2. The normalized spacial score (nSPS) is 26.1. The number of para-hydroxylation sites is 1. The molecule has 2 aromatic heterocycles. The van der Waals surface area contributed by atoms with E-state index in [2.05, 4.69) is 21.3 Å². The minimum Gasteiger partial charge on any atom is -0.485 e. The number of imidazole rings is 1. The Kier molecular flexibility index (Phi) is 4.99. The Morgan fingerprint density at radius 3 is 2.89 bits per heavy atom. The molecular formula is C25H23ClN6O3S. The van der Waals surface area contributed by atoms with Gasteiger partial charge >= 0.3 is 6.09 Å². The number of anilines is 1. The van der Waals surface area contributed by atoms with Gasteiger partial charge in [-0.15, -0.1) is 0 Å². The number of nitrogens with zero attached hydrogens (tertiary/aromatic N) is 4. The second-order valence-electron chi connectivity index (χ2n) is 9.38. The number of hydrogen-bond donors (Lipinski definition) is 2. The summed E-state index contributed by atoms with van der Waals surface area (Å²) in [7, 11) is 0. The molecule has 2 unspecified atom stereocenters. The number of nitrogens with one attached hydrogen (secondary N) is 1. The number of nitrogens with two attached hydrogens (primary N) is 1. The molecule has 3 N–H and O–H groups in total. The summed E-state index contributed by atoms with van der Waals surface area (Å²) < 4.78 is 13.7. The molecule has 0 saturated carbocycles. The van der Waals surface area contributed by atoms with Gasteiger partial charge in [0.05, 0.1) is 22.0 Å². The molecule has 5 heterocycles. The van der Waals surface area contributed by atoms with Crippen LogP contribution < -0.4 is 20.7 Å². The van der Waals surface area contributed by atoms with Gasteiger partial charge in [0, 0.05) is 55.0 Å². The Labute approximate surface area is 216 Å². The quantitative estimate of drug-likeness (QED) is 0.535. The van der Waals surface area contributed by atoms with Crippen molar-refractivity contribution in [2.75, 3.05) is 18.0 Å². The van der Waals surface area contributed by atoms with Gasteiger partial charge in [0.25, 0.3) is 0 Å². The summed E-state index contributed by atoms with van der Waals surface area (Å²) >= 11 is 8.06. The van der Waals surface area contributed by atoms with Crippen LogP contribution >= 0.6 is 23.4 Å². The van der Waals surface area contributed by atoms with Gasteiger partial charge in [-0.25, -0.2) is 14.8 Å². The van der Waals surface area contributed by atoms with Crippen molar-refractivity contribution >= 4 is 41.1 Å². The first kappa shape index (κ1) is 22.0. The molecule has 1 amide bonds. The van der Waals surface area contributed by atoms with Gasteiger partial charge in [0.1, 0.15) is 11.4 Å². The lowest BCUT2D eigenvalue weighted by molar-refractivity contribution is 0.0429. The van der Waals surface area contributed by atoms with Crippen molar-refractivity contribution in [1.29, 1.82) is 0 Å². The van der Waals surface area contributed by atoms with Crippen molar-refractivity contribution in [1.82, 2.24) is 19.7 Å². The Hall–Kier alpha value is -3.21. The summed E-state index contributed by atoms with van der Waals surface area (Å²) in [6.07, 6.45) is 9.97. The van der Waals surface area contributed by atoms with Gasteiger partial charge in [0.15, 0.2) is 11.8 Å². The number of alkyl carbamates (subject to hydrolysis) is 1.